The van der Waals surface area contributed by atoms with E-state index in [2.05, 4.69) is 4.98 Å². The Kier molecular flexibility index (Phi) is 3.87. The molecular formula is C17H16N2O2. The number of nitrogens with two attached hydrogens (primary N) is 1. The second-order valence-electron chi connectivity index (χ2n) is 4.59. The highest BCUT2D eigenvalue weighted by atomic mass is 16.5. The Hall–Kier alpha value is -2.75. The minimum absolute atomic E-state index is 0.471. The van der Waals surface area contributed by atoms with Gasteiger partial charge in [-0.05, 0) is 48.5 Å². The zero-order valence-electron chi connectivity index (χ0n) is 11.5. The second-order valence-corrected chi connectivity index (χ2v) is 4.59. The highest BCUT2D eigenvalue weighted by molar-refractivity contribution is 5.84. The first-order chi connectivity index (χ1) is 10.3. The fraction of sp³-hybridized carbons (Fsp3) is 0.118. The standard InChI is InChI=1S/C17H16N2O2/c18-13-6-8-14(9-7-13)20-11-12-21-17-5-1-4-16-15(17)3-2-10-19-16/h1-10H,11-12,18H2. The van der Waals surface area contributed by atoms with Crippen LogP contribution >= 0.6 is 0 Å². The topological polar surface area (TPSA) is 57.4 Å². The molecule has 2 N–H and O–H groups in total. The zero-order chi connectivity index (χ0) is 14.5. The molecule has 0 unspecified atom stereocenters. The highest BCUT2D eigenvalue weighted by Gasteiger charge is 2.02. The third-order valence-electron chi connectivity index (χ3n) is 3.10. The van der Waals surface area contributed by atoms with E-state index >= 15 is 0 Å². The summed E-state index contributed by atoms with van der Waals surface area (Å²) in [7, 11) is 0. The van der Waals surface area contributed by atoms with E-state index < -0.39 is 0 Å². The number of anilines is 1. The third kappa shape index (κ3) is 3.23. The molecule has 21 heavy (non-hydrogen) atoms. The van der Waals surface area contributed by atoms with Crippen molar-refractivity contribution in [3.63, 3.8) is 0 Å². The van der Waals surface area contributed by atoms with Gasteiger partial charge in [-0.15, -0.1) is 0 Å². The molecule has 0 saturated carbocycles. The molecule has 4 nitrogen and oxygen atoms in total. The van der Waals surface area contributed by atoms with E-state index in [-0.39, 0.29) is 0 Å². The Bertz CT molecular complexity index is 721. The maximum Gasteiger partial charge on any atom is 0.128 e. The number of hydrogen-bond donors (Lipinski definition) is 1. The van der Waals surface area contributed by atoms with Crippen molar-refractivity contribution >= 4 is 16.6 Å². The molecule has 0 atom stereocenters. The van der Waals surface area contributed by atoms with Crippen LogP contribution in [0.3, 0.4) is 0 Å². The van der Waals surface area contributed by atoms with E-state index in [1.807, 2.05) is 54.6 Å². The fourth-order valence-corrected chi connectivity index (χ4v) is 2.08. The molecule has 0 aliphatic heterocycles. The molecule has 0 bridgehead atoms. The van der Waals surface area contributed by atoms with Crippen LogP contribution in [0.5, 0.6) is 11.5 Å². The molecule has 1 aromatic heterocycles. The number of benzene rings is 2. The first-order valence-electron chi connectivity index (χ1n) is 6.78. The molecule has 4 heteroatoms. The molecule has 3 aromatic rings. The molecule has 0 aliphatic rings. The van der Waals surface area contributed by atoms with Gasteiger partial charge in [0.25, 0.3) is 0 Å². The van der Waals surface area contributed by atoms with Crippen molar-refractivity contribution in [3.05, 3.63) is 60.8 Å². The summed E-state index contributed by atoms with van der Waals surface area (Å²) in [5.74, 6) is 1.61. The van der Waals surface area contributed by atoms with Crippen LogP contribution in [0.15, 0.2) is 60.8 Å². The molecule has 0 aliphatic carbocycles. The van der Waals surface area contributed by atoms with Gasteiger partial charge >= 0.3 is 0 Å². The lowest BCUT2D eigenvalue weighted by Gasteiger charge is -2.10. The number of fused-ring (bicyclic) bond motifs is 1. The van der Waals surface area contributed by atoms with Gasteiger partial charge in [0.2, 0.25) is 0 Å². The van der Waals surface area contributed by atoms with Crippen molar-refractivity contribution in [2.45, 2.75) is 0 Å². The van der Waals surface area contributed by atoms with Gasteiger partial charge in [-0.25, -0.2) is 0 Å². The summed E-state index contributed by atoms with van der Waals surface area (Å²) in [6.07, 6.45) is 1.77. The van der Waals surface area contributed by atoms with E-state index in [0.29, 0.717) is 13.2 Å². The number of rotatable bonds is 5. The number of nitrogen functional groups attached to an aromatic ring is 1. The molecule has 106 valence electrons. The Labute approximate surface area is 123 Å². The van der Waals surface area contributed by atoms with Gasteiger partial charge in [0.05, 0.1) is 5.52 Å². The van der Waals surface area contributed by atoms with E-state index in [1.54, 1.807) is 6.20 Å². The van der Waals surface area contributed by atoms with Crippen LogP contribution in [-0.2, 0) is 0 Å². The van der Waals surface area contributed by atoms with Crippen LogP contribution in [0.25, 0.3) is 10.9 Å². The van der Waals surface area contributed by atoms with Gasteiger partial charge in [0.1, 0.15) is 24.7 Å². The average Bonchev–Trinajstić information content (AvgIpc) is 2.53. The van der Waals surface area contributed by atoms with Crippen molar-refractivity contribution in [1.29, 1.82) is 0 Å². The van der Waals surface area contributed by atoms with E-state index in [0.717, 1.165) is 28.1 Å². The summed E-state index contributed by atoms with van der Waals surface area (Å²) < 4.78 is 11.4. The molecule has 0 radical (unpaired) electrons. The summed E-state index contributed by atoms with van der Waals surface area (Å²) in [6, 6.07) is 17.1. The average molecular weight is 280 g/mol. The molecule has 0 spiro atoms. The van der Waals surface area contributed by atoms with Crippen molar-refractivity contribution < 1.29 is 9.47 Å². The normalized spacial score (nSPS) is 10.5. The summed E-state index contributed by atoms with van der Waals surface area (Å²) in [6.45, 7) is 0.943. The number of ether oxygens (including phenoxy) is 2. The van der Waals surface area contributed by atoms with Crippen LogP contribution < -0.4 is 15.2 Å². The summed E-state index contributed by atoms with van der Waals surface area (Å²) in [5, 5.41) is 1.01. The quantitative estimate of drug-likeness (QED) is 0.575. The fourth-order valence-electron chi connectivity index (χ4n) is 2.08. The van der Waals surface area contributed by atoms with Crippen LogP contribution in [0, 0.1) is 0 Å². The smallest absolute Gasteiger partial charge is 0.128 e. The largest absolute Gasteiger partial charge is 0.490 e. The predicted octanol–water partition coefficient (Wildman–Crippen LogP) is 3.27. The first kappa shape index (κ1) is 13.2. The van der Waals surface area contributed by atoms with Gasteiger partial charge in [-0.1, -0.05) is 6.07 Å². The van der Waals surface area contributed by atoms with E-state index in [1.165, 1.54) is 0 Å². The molecule has 3 rings (SSSR count). The summed E-state index contributed by atoms with van der Waals surface area (Å²) >= 11 is 0. The monoisotopic (exact) mass is 280 g/mol. The molecule has 0 saturated heterocycles. The maximum absolute atomic E-state index is 5.78. The summed E-state index contributed by atoms with van der Waals surface area (Å²) in [5.41, 5.74) is 7.27. The molecule has 2 aromatic carbocycles. The Balaban J connectivity index is 1.58. The highest BCUT2D eigenvalue weighted by Crippen LogP contribution is 2.23. The van der Waals surface area contributed by atoms with Crippen molar-refractivity contribution in [1.82, 2.24) is 4.98 Å². The lowest BCUT2D eigenvalue weighted by Crippen LogP contribution is -2.09. The SMILES string of the molecule is Nc1ccc(OCCOc2cccc3ncccc23)cc1. The number of pyridine rings is 1. The maximum atomic E-state index is 5.78. The predicted molar refractivity (Wildman–Crippen MR) is 83.6 cm³/mol. The Morgan fingerprint density at radius 1 is 0.857 bits per heavy atom. The van der Waals surface area contributed by atoms with Crippen molar-refractivity contribution in [2.75, 3.05) is 18.9 Å². The summed E-state index contributed by atoms with van der Waals surface area (Å²) in [4.78, 5) is 4.30. The third-order valence-corrected chi connectivity index (χ3v) is 3.10. The molecular weight excluding hydrogens is 264 g/mol. The van der Waals surface area contributed by atoms with Crippen LogP contribution in [-0.4, -0.2) is 18.2 Å². The number of nitrogens with zero attached hydrogens (tertiary/aromatic N) is 1. The lowest BCUT2D eigenvalue weighted by atomic mass is 10.2. The van der Waals surface area contributed by atoms with Crippen LogP contribution in [0.4, 0.5) is 5.69 Å². The van der Waals surface area contributed by atoms with Crippen molar-refractivity contribution in [2.24, 2.45) is 0 Å². The van der Waals surface area contributed by atoms with Gasteiger partial charge < -0.3 is 15.2 Å². The molecule has 0 fully saturated rings. The lowest BCUT2D eigenvalue weighted by molar-refractivity contribution is 0.219. The Morgan fingerprint density at radius 2 is 1.67 bits per heavy atom. The zero-order valence-corrected chi connectivity index (χ0v) is 11.5. The van der Waals surface area contributed by atoms with Crippen molar-refractivity contribution in [3.8, 4) is 11.5 Å². The van der Waals surface area contributed by atoms with Crippen LogP contribution in [0.2, 0.25) is 0 Å². The number of hydrogen-bond acceptors (Lipinski definition) is 4. The minimum Gasteiger partial charge on any atom is -0.490 e. The van der Waals surface area contributed by atoms with Crippen LogP contribution in [0.1, 0.15) is 0 Å². The minimum atomic E-state index is 0.471. The van der Waals surface area contributed by atoms with Gasteiger partial charge in [-0.2, -0.15) is 0 Å². The van der Waals surface area contributed by atoms with Gasteiger partial charge in [0.15, 0.2) is 0 Å². The van der Waals surface area contributed by atoms with E-state index in [4.69, 9.17) is 15.2 Å². The number of aromatic nitrogens is 1. The van der Waals surface area contributed by atoms with Gasteiger partial charge in [-0.3, -0.25) is 4.98 Å². The van der Waals surface area contributed by atoms with E-state index in [9.17, 15) is 0 Å². The second kappa shape index (κ2) is 6.13. The Morgan fingerprint density at radius 3 is 2.52 bits per heavy atom. The first-order valence-corrected chi connectivity index (χ1v) is 6.78. The molecule has 1 heterocycles. The molecule has 0 amide bonds. The van der Waals surface area contributed by atoms with Gasteiger partial charge in [0, 0.05) is 17.3 Å².